The summed E-state index contributed by atoms with van der Waals surface area (Å²) in [6, 6.07) is 6.00. The van der Waals surface area contributed by atoms with Crippen molar-refractivity contribution >= 4 is 28.8 Å². The Morgan fingerprint density at radius 1 is 0.889 bits per heavy atom. The van der Waals surface area contributed by atoms with Crippen LogP contribution in [0.5, 0.6) is 0 Å². The third kappa shape index (κ3) is 5.09. The molecule has 1 heterocycles. The van der Waals surface area contributed by atoms with E-state index in [1.807, 2.05) is 0 Å². The van der Waals surface area contributed by atoms with E-state index in [0.717, 1.165) is 4.90 Å². The van der Waals surface area contributed by atoms with Crippen LogP contribution in [0, 0.1) is 6.92 Å². The van der Waals surface area contributed by atoms with Gasteiger partial charge in [0, 0.05) is 11.5 Å². The smallest absolute Gasteiger partial charge is 0.424 e. The van der Waals surface area contributed by atoms with E-state index < -0.39 is 29.0 Å². The zero-order valence-electron chi connectivity index (χ0n) is 16.7. The molecule has 0 N–H and O–H groups in total. The first-order valence-corrected chi connectivity index (χ1v) is 8.58. The number of hydrogen-bond acceptors (Lipinski definition) is 6. The predicted octanol–water partition coefficient (Wildman–Crippen LogP) is 4.78. The van der Waals surface area contributed by atoms with Crippen molar-refractivity contribution in [3.05, 3.63) is 40.2 Å². The van der Waals surface area contributed by atoms with Crippen molar-refractivity contribution < 1.29 is 23.5 Å². The van der Waals surface area contributed by atoms with Gasteiger partial charge in [0.2, 0.25) is 0 Å². The molecule has 7 nitrogen and oxygen atoms in total. The molecule has 7 heteroatoms. The highest BCUT2D eigenvalue weighted by atomic mass is 16.6. The zero-order chi connectivity index (χ0) is 20.6. The zero-order valence-corrected chi connectivity index (χ0v) is 16.7. The molecule has 0 aliphatic carbocycles. The first kappa shape index (κ1) is 20.5. The fourth-order valence-electron chi connectivity index (χ4n) is 2.41. The Kier molecular flexibility index (Phi) is 5.35. The fraction of sp³-hybridized carbons (Fsp3) is 0.450. The third-order valence-corrected chi connectivity index (χ3v) is 3.35. The van der Waals surface area contributed by atoms with Crippen molar-refractivity contribution in [3.63, 3.8) is 0 Å². The van der Waals surface area contributed by atoms with Gasteiger partial charge in [0.25, 0.3) is 0 Å². The second kappa shape index (κ2) is 7.06. The molecule has 0 radical (unpaired) electrons. The summed E-state index contributed by atoms with van der Waals surface area (Å²) >= 11 is 0. The number of ether oxygens (including phenoxy) is 2. The van der Waals surface area contributed by atoms with Crippen LogP contribution < -0.4 is 10.5 Å². The number of imide groups is 1. The number of hydrogen-bond donors (Lipinski definition) is 0. The van der Waals surface area contributed by atoms with Crippen LogP contribution in [-0.2, 0) is 9.47 Å². The second-order valence-corrected chi connectivity index (χ2v) is 8.19. The first-order chi connectivity index (χ1) is 12.3. The van der Waals surface area contributed by atoms with Gasteiger partial charge in [0.1, 0.15) is 16.8 Å². The molecule has 1 aromatic heterocycles. The van der Waals surface area contributed by atoms with Crippen LogP contribution in [0.3, 0.4) is 0 Å². The predicted molar refractivity (Wildman–Crippen MR) is 102 cm³/mol. The summed E-state index contributed by atoms with van der Waals surface area (Å²) in [5.41, 5.74) is -1.04. The second-order valence-electron chi connectivity index (χ2n) is 8.19. The van der Waals surface area contributed by atoms with Gasteiger partial charge in [-0.3, -0.25) is 0 Å². The van der Waals surface area contributed by atoms with Crippen LogP contribution >= 0.6 is 0 Å². The van der Waals surface area contributed by atoms with Crippen molar-refractivity contribution in [2.75, 3.05) is 4.90 Å². The number of carbonyl (C=O) groups is 2. The molecule has 2 aromatic rings. The molecule has 0 atom stereocenters. The van der Waals surface area contributed by atoms with Crippen LogP contribution in [0.15, 0.2) is 33.5 Å². The largest absolute Gasteiger partial charge is 0.443 e. The van der Waals surface area contributed by atoms with Gasteiger partial charge in [-0.05, 0) is 66.2 Å². The quantitative estimate of drug-likeness (QED) is 0.667. The molecule has 2 amide bonds. The van der Waals surface area contributed by atoms with Crippen LogP contribution in [-0.4, -0.2) is 23.4 Å². The van der Waals surface area contributed by atoms with E-state index in [1.165, 1.54) is 12.1 Å². The van der Waals surface area contributed by atoms with Crippen molar-refractivity contribution in [1.82, 2.24) is 0 Å². The minimum Gasteiger partial charge on any atom is -0.443 e. The number of aryl methyl sites for hydroxylation is 1. The molecule has 0 fully saturated rings. The molecule has 2 rings (SSSR count). The summed E-state index contributed by atoms with van der Waals surface area (Å²) in [5, 5.41) is 0.423. The first-order valence-electron chi connectivity index (χ1n) is 8.58. The fourth-order valence-corrected chi connectivity index (χ4v) is 2.41. The van der Waals surface area contributed by atoms with E-state index >= 15 is 0 Å². The summed E-state index contributed by atoms with van der Waals surface area (Å²) in [4.78, 5) is 38.1. The highest BCUT2D eigenvalue weighted by molar-refractivity contribution is 6.15. The van der Waals surface area contributed by atoms with E-state index in [4.69, 9.17) is 13.9 Å². The van der Waals surface area contributed by atoms with Gasteiger partial charge in [-0.1, -0.05) is 6.07 Å². The lowest BCUT2D eigenvalue weighted by Crippen LogP contribution is -2.44. The van der Waals surface area contributed by atoms with E-state index in [-0.39, 0.29) is 11.3 Å². The molecule has 0 saturated heterocycles. The summed E-state index contributed by atoms with van der Waals surface area (Å²) in [6.07, 6.45) is -1.75. The molecular formula is C20H25NO6. The Morgan fingerprint density at radius 2 is 1.41 bits per heavy atom. The van der Waals surface area contributed by atoms with E-state index in [0.29, 0.717) is 10.9 Å². The number of amides is 2. The maximum atomic E-state index is 12.9. The SMILES string of the molecule is Cc1ccc2oc(=O)ccc2c1N(C(=O)OC(C)(C)C)C(=O)OC(C)(C)C. The maximum Gasteiger partial charge on any atom is 0.424 e. The van der Waals surface area contributed by atoms with Gasteiger partial charge < -0.3 is 13.9 Å². The van der Waals surface area contributed by atoms with E-state index in [2.05, 4.69) is 0 Å². The molecule has 0 unspecified atom stereocenters. The average molecular weight is 375 g/mol. The molecule has 0 aliphatic heterocycles. The number of rotatable bonds is 1. The van der Waals surface area contributed by atoms with Crippen LogP contribution in [0.25, 0.3) is 11.0 Å². The molecule has 146 valence electrons. The molecule has 0 bridgehead atoms. The highest BCUT2D eigenvalue weighted by Gasteiger charge is 2.34. The monoisotopic (exact) mass is 375 g/mol. The number of nitrogens with zero attached hydrogens (tertiary/aromatic N) is 1. The Labute approximate surface area is 157 Å². The van der Waals surface area contributed by atoms with E-state index in [1.54, 1.807) is 60.6 Å². The Balaban J connectivity index is 2.68. The summed E-state index contributed by atoms with van der Waals surface area (Å²) in [6.45, 7) is 11.9. The average Bonchev–Trinajstić information content (AvgIpc) is 2.46. The van der Waals surface area contributed by atoms with Crippen molar-refractivity contribution in [2.45, 2.75) is 59.7 Å². The minimum absolute atomic E-state index is 0.250. The molecule has 1 aromatic carbocycles. The van der Waals surface area contributed by atoms with E-state index in [9.17, 15) is 14.4 Å². The minimum atomic E-state index is -0.876. The summed E-state index contributed by atoms with van der Waals surface area (Å²) in [7, 11) is 0. The van der Waals surface area contributed by atoms with Crippen molar-refractivity contribution in [1.29, 1.82) is 0 Å². The van der Waals surface area contributed by atoms with Gasteiger partial charge in [0.05, 0.1) is 5.69 Å². The maximum absolute atomic E-state index is 12.9. The lowest BCUT2D eigenvalue weighted by molar-refractivity contribution is 0.0431. The normalized spacial score (nSPS) is 12.0. The Morgan fingerprint density at radius 3 is 1.89 bits per heavy atom. The number of anilines is 1. The van der Waals surface area contributed by atoms with Gasteiger partial charge in [-0.15, -0.1) is 0 Å². The van der Waals surface area contributed by atoms with Gasteiger partial charge in [-0.25, -0.2) is 14.4 Å². The molecular weight excluding hydrogens is 350 g/mol. The van der Waals surface area contributed by atoms with Gasteiger partial charge >= 0.3 is 17.8 Å². The Bertz CT molecular complexity index is 902. The van der Waals surface area contributed by atoms with Crippen LogP contribution in [0.1, 0.15) is 47.1 Å². The van der Waals surface area contributed by atoms with Crippen LogP contribution in [0.4, 0.5) is 15.3 Å². The van der Waals surface area contributed by atoms with Crippen LogP contribution in [0.2, 0.25) is 0 Å². The number of fused-ring (bicyclic) bond motifs is 1. The van der Waals surface area contributed by atoms with Gasteiger partial charge in [0.15, 0.2) is 0 Å². The molecule has 0 aliphatic rings. The van der Waals surface area contributed by atoms with Crippen molar-refractivity contribution in [2.24, 2.45) is 0 Å². The van der Waals surface area contributed by atoms with Gasteiger partial charge in [-0.2, -0.15) is 4.90 Å². The lowest BCUT2D eigenvalue weighted by Gasteiger charge is -2.29. The topological polar surface area (TPSA) is 86.0 Å². The lowest BCUT2D eigenvalue weighted by atomic mass is 10.1. The van der Waals surface area contributed by atoms with Crippen molar-refractivity contribution in [3.8, 4) is 0 Å². The highest BCUT2D eigenvalue weighted by Crippen LogP contribution is 2.32. The molecule has 27 heavy (non-hydrogen) atoms. The summed E-state index contributed by atoms with van der Waals surface area (Å²) in [5.74, 6) is 0. The molecule has 0 spiro atoms. The third-order valence-electron chi connectivity index (χ3n) is 3.35. The summed E-state index contributed by atoms with van der Waals surface area (Å²) < 4.78 is 16.0. The number of carbonyl (C=O) groups excluding carboxylic acids is 2. The molecule has 0 saturated carbocycles. The standard InChI is InChI=1S/C20H25NO6/c1-12-8-10-14-13(9-11-15(22)25-14)16(12)21(17(23)26-19(2,3)4)18(24)27-20(5,6)7/h8-11H,1-7H3. The Hall–Kier alpha value is -2.83. The number of benzene rings is 1.